The van der Waals surface area contributed by atoms with Crippen molar-refractivity contribution in [3.05, 3.63) is 90.0 Å². The van der Waals surface area contributed by atoms with Crippen molar-refractivity contribution in [2.45, 2.75) is 12.3 Å². The third kappa shape index (κ3) is 3.94. The van der Waals surface area contributed by atoms with Gasteiger partial charge < -0.3 is 10.8 Å². The maximum atomic E-state index is 10.3. The summed E-state index contributed by atoms with van der Waals surface area (Å²) in [5.41, 5.74) is 14.6. The van der Waals surface area contributed by atoms with Gasteiger partial charge in [0.1, 0.15) is 12.3 Å². The van der Waals surface area contributed by atoms with E-state index in [4.69, 9.17) is 5.73 Å². The minimum Gasteiger partial charge on any atom is -0.399 e. The van der Waals surface area contributed by atoms with Crippen molar-refractivity contribution in [3.63, 3.8) is 0 Å². The van der Waals surface area contributed by atoms with Crippen LogP contribution in [0.2, 0.25) is 0 Å². The fraction of sp³-hybridized carbons (Fsp3) is 0.111. The Kier molecular flexibility index (Phi) is 5.12. The number of nitrogens with one attached hydrogen (secondary N) is 2. The van der Waals surface area contributed by atoms with Crippen molar-refractivity contribution in [3.8, 4) is 0 Å². The highest BCUT2D eigenvalue weighted by Crippen LogP contribution is 2.18. The standard InChI is InChI=1S/C18H19N5O/c19-14-9-7-13(8-10-14)18(24)23-22-17(15-5-1-3-11-20-15)16-6-2-4-12-21-16/h1-12,17-18,22-24H,19H2. The molecule has 1 atom stereocenters. The molecule has 0 amide bonds. The molecule has 0 aliphatic rings. The molecule has 6 nitrogen and oxygen atoms in total. The first kappa shape index (κ1) is 16.1. The fourth-order valence-electron chi connectivity index (χ4n) is 2.32. The number of pyridine rings is 2. The van der Waals surface area contributed by atoms with Gasteiger partial charge >= 0.3 is 0 Å². The molecule has 6 heteroatoms. The van der Waals surface area contributed by atoms with E-state index in [9.17, 15) is 5.11 Å². The minimum atomic E-state index is -0.888. The van der Waals surface area contributed by atoms with Gasteiger partial charge in [0, 0.05) is 18.1 Å². The summed E-state index contributed by atoms with van der Waals surface area (Å²) in [6.45, 7) is 0. The monoisotopic (exact) mass is 321 g/mol. The summed E-state index contributed by atoms with van der Waals surface area (Å²) >= 11 is 0. The number of benzene rings is 1. The van der Waals surface area contributed by atoms with E-state index in [1.165, 1.54) is 0 Å². The Morgan fingerprint density at radius 1 is 0.792 bits per heavy atom. The van der Waals surface area contributed by atoms with Gasteiger partial charge in [0.25, 0.3) is 0 Å². The predicted octanol–water partition coefficient (Wildman–Crippen LogP) is 1.93. The van der Waals surface area contributed by atoms with Gasteiger partial charge in [0.2, 0.25) is 0 Å². The second-order valence-electron chi connectivity index (χ2n) is 5.30. The molecule has 3 rings (SSSR count). The summed E-state index contributed by atoms with van der Waals surface area (Å²) in [6.07, 6.45) is 2.56. The Hall–Kier alpha value is -2.80. The number of nitrogens with zero attached hydrogens (tertiary/aromatic N) is 2. The van der Waals surface area contributed by atoms with Crippen molar-refractivity contribution in [1.29, 1.82) is 0 Å². The highest BCUT2D eigenvalue weighted by Gasteiger charge is 2.17. The third-order valence-electron chi connectivity index (χ3n) is 3.58. The summed E-state index contributed by atoms with van der Waals surface area (Å²) in [7, 11) is 0. The summed E-state index contributed by atoms with van der Waals surface area (Å²) in [5, 5.41) is 10.3. The Morgan fingerprint density at radius 3 is 1.88 bits per heavy atom. The molecule has 0 aliphatic heterocycles. The fourth-order valence-corrected chi connectivity index (χ4v) is 2.32. The molecule has 2 heterocycles. The van der Waals surface area contributed by atoms with Crippen LogP contribution < -0.4 is 16.6 Å². The van der Waals surface area contributed by atoms with Crippen molar-refractivity contribution >= 4 is 5.69 Å². The first-order chi connectivity index (χ1) is 11.7. The van der Waals surface area contributed by atoms with Gasteiger partial charge in [-0.25, -0.2) is 10.9 Å². The van der Waals surface area contributed by atoms with Crippen LogP contribution in [-0.2, 0) is 0 Å². The average molecular weight is 321 g/mol. The average Bonchev–Trinajstić information content (AvgIpc) is 2.64. The van der Waals surface area contributed by atoms with E-state index in [-0.39, 0.29) is 6.04 Å². The summed E-state index contributed by atoms with van der Waals surface area (Å²) in [5.74, 6) is 0. The number of nitrogen functional groups attached to an aromatic ring is 1. The van der Waals surface area contributed by atoms with E-state index in [0.29, 0.717) is 11.3 Å². The molecule has 2 aromatic heterocycles. The third-order valence-corrected chi connectivity index (χ3v) is 3.58. The number of aromatic nitrogens is 2. The van der Waals surface area contributed by atoms with Gasteiger partial charge in [-0.2, -0.15) is 0 Å². The Labute approximate surface area is 140 Å². The van der Waals surface area contributed by atoms with Gasteiger partial charge in [0.05, 0.1) is 11.4 Å². The molecule has 5 N–H and O–H groups in total. The highest BCUT2D eigenvalue weighted by molar-refractivity contribution is 5.39. The zero-order chi connectivity index (χ0) is 16.8. The molecule has 0 bridgehead atoms. The van der Waals surface area contributed by atoms with Crippen LogP contribution in [0.5, 0.6) is 0 Å². The van der Waals surface area contributed by atoms with Crippen LogP contribution in [0.4, 0.5) is 5.69 Å². The first-order valence-corrected chi connectivity index (χ1v) is 7.60. The quantitative estimate of drug-likeness (QED) is 0.315. The van der Waals surface area contributed by atoms with Crippen LogP contribution >= 0.6 is 0 Å². The molecule has 0 aliphatic carbocycles. The summed E-state index contributed by atoms with van der Waals surface area (Å²) in [4.78, 5) is 8.75. The lowest BCUT2D eigenvalue weighted by atomic mass is 10.1. The van der Waals surface area contributed by atoms with E-state index in [1.54, 1.807) is 36.7 Å². The Bertz CT molecular complexity index is 710. The van der Waals surface area contributed by atoms with Crippen molar-refractivity contribution in [2.75, 3.05) is 5.73 Å². The first-order valence-electron chi connectivity index (χ1n) is 7.60. The summed E-state index contributed by atoms with van der Waals surface area (Å²) in [6, 6.07) is 18.1. The maximum Gasteiger partial charge on any atom is 0.143 e. The number of hydrogen-bond acceptors (Lipinski definition) is 6. The SMILES string of the molecule is Nc1ccc(C(O)NNC(c2ccccn2)c2ccccn2)cc1. The van der Waals surface area contributed by atoms with Gasteiger partial charge in [-0.1, -0.05) is 24.3 Å². The molecule has 24 heavy (non-hydrogen) atoms. The molecular formula is C18H19N5O. The largest absolute Gasteiger partial charge is 0.399 e. The topological polar surface area (TPSA) is 96.1 Å². The predicted molar refractivity (Wildman–Crippen MR) is 92.4 cm³/mol. The van der Waals surface area contributed by atoms with Gasteiger partial charge in [-0.05, 0) is 42.0 Å². The number of aliphatic hydroxyl groups is 1. The molecule has 0 saturated carbocycles. The highest BCUT2D eigenvalue weighted by atomic mass is 16.3. The van der Waals surface area contributed by atoms with E-state index in [2.05, 4.69) is 20.8 Å². The maximum absolute atomic E-state index is 10.3. The second kappa shape index (κ2) is 7.65. The zero-order valence-corrected chi connectivity index (χ0v) is 13.0. The van der Waals surface area contributed by atoms with E-state index < -0.39 is 6.23 Å². The molecule has 3 aromatic rings. The zero-order valence-electron chi connectivity index (χ0n) is 13.0. The Balaban J connectivity index is 1.76. The minimum absolute atomic E-state index is 0.296. The van der Waals surface area contributed by atoms with Crippen molar-refractivity contribution in [1.82, 2.24) is 20.8 Å². The van der Waals surface area contributed by atoms with Crippen LogP contribution in [0, 0.1) is 0 Å². The van der Waals surface area contributed by atoms with Crippen LogP contribution in [0.25, 0.3) is 0 Å². The number of nitrogens with two attached hydrogens (primary N) is 1. The molecule has 0 fully saturated rings. The van der Waals surface area contributed by atoms with Crippen LogP contribution in [-0.4, -0.2) is 15.1 Å². The smallest absolute Gasteiger partial charge is 0.143 e. The van der Waals surface area contributed by atoms with E-state index >= 15 is 0 Å². The number of aliphatic hydroxyl groups excluding tert-OH is 1. The van der Waals surface area contributed by atoms with Crippen LogP contribution in [0.3, 0.4) is 0 Å². The normalized spacial score (nSPS) is 12.2. The van der Waals surface area contributed by atoms with E-state index in [0.717, 1.165) is 11.4 Å². The lowest BCUT2D eigenvalue weighted by molar-refractivity contribution is 0.115. The van der Waals surface area contributed by atoms with Crippen LogP contribution in [0.1, 0.15) is 29.2 Å². The molecule has 1 unspecified atom stereocenters. The van der Waals surface area contributed by atoms with Crippen molar-refractivity contribution in [2.24, 2.45) is 0 Å². The molecular weight excluding hydrogens is 302 g/mol. The van der Waals surface area contributed by atoms with Crippen LogP contribution in [0.15, 0.2) is 73.1 Å². The molecule has 1 aromatic carbocycles. The Morgan fingerprint density at radius 2 is 1.38 bits per heavy atom. The molecule has 122 valence electrons. The number of hydrazine groups is 1. The van der Waals surface area contributed by atoms with Crippen molar-refractivity contribution < 1.29 is 5.11 Å². The molecule has 0 spiro atoms. The van der Waals surface area contributed by atoms with Gasteiger partial charge in [0.15, 0.2) is 0 Å². The second-order valence-corrected chi connectivity index (χ2v) is 5.30. The van der Waals surface area contributed by atoms with Gasteiger partial charge in [-0.15, -0.1) is 0 Å². The summed E-state index contributed by atoms with van der Waals surface area (Å²) < 4.78 is 0. The molecule has 0 radical (unpaired) electrons. The number of hydrogen-bond donors (Lipinski definition) is 4. The van der Waals surface area contributed by atoms with E-state index in [1.807, 2.05) is 36.4 Å². The lowest BCUT2D eigenvalue weighted by Crippen LogP contribution is -2.39. The van der Waals surface area contributed by atoms with Gasteiger partial charge in [-0.3, -0.25) is 9.97 Å². The molecule has 0 saturated heterocycles. The number of rotatable bonds is 6. The lowest BCUT2D eigenvalue weighted by Gasteiger charge is -2.21. The number of anilines is 1.